The lowest BCUT2D eigenvalue weighted by molar-refractivity contribution is -0.117. The Bertz CT molecular complexity index is 668. The van der Waals surface area contributed by atoms with Crippen molar-refractivity contribution in [1.29, 1.82) is 0 Å². The Morgan fingerprint density at radius 2 is 2.10 bits per heavy atom. The molecule has 0 fully saturated rings. The Labute approximate surface area is 115 Å². The number of sulfone groups is 1. The van der Waals surface area contributed by atoms with Gasteiger partial charge in [-0.15, -0.1) is 0 Å². The van der Waals surface area contributed by atoms with E-state index in [1.165, 1.54) is 12.1 Å². The molecule has 0 aliphatic carbocycles. The van der Waals surface area contributed by atoms with Gasteiger partial charge in [-0.1, -0.05) is 6.07 Å². The normalized spacial score (nSPS) is 17.9. The van der Waals surface area contributed by atoms with Crippen LogP contribution in [-0.4, -0.2) is 43.5 Å². The topological polar surface area (TPSA) is 113 Å². The van der Waals surface area contributed by atoms with Crippen LogP contribution >= 0.6 is 0 Å². The highest BCUT2D eigenvalue weighted by atomic mass is 32.2. The monoisotopic (exact) mass is 298 g/mol. The first kappa shape index (κ1) is 14.3. The lowest BCUT2D eigenvalue weighted by Crippen LogP contribution is -2.40. The number of benzene rings is 1. The fourth-order valence-corrected chi connectivity index (χ4v) is 2.65. The highest BCUT2D eigenvalue weighted by molar-refractivity contribution is 7.90. The number of hydrogen-bond acceptors (Lipinski definition) is 5. The fourth-order valence-electron chi connectivity index (χ4n) is 1.99. The minimum absolute atomic E-state index is 0.0341. The van der Waals surface area contributed by atoms with E-state index >= 15 is 0 Å². The van der Waals surface area contributed by atoms with Crippen molar-refractivity contribution in [3.63, 3.8) is 0 Å². The van der Waals surface area contributed by atoms with Gasteiger partial charge in [-0.25, -0.2) is 13.2 Å². The molecular formula is C12H14N2O5S. The van der Waals surface area contributed by atoms with Crippen LogP contribution in [0.3, 0.4) is 0 Å². The summed E-state index contributed by atoms with van der Waals surface area (Å²) in [5.74, 6) is -1.64. The average molecular weight is 298 g/mol. The summed E-state index contributed by atoms with van der Waals surface area (Å²) in [5.41, 5.74) is 0.718. The smallest absolute Gasteiger partial charge is 0.337 e. The Morgan fingerprint density at radius 1 is 1.40 bits per heavy atom. The van der Waals surface area contributed by atoms with Crippen molar-refractivity contribution in [3.8, 4) is 0 Å². The van der Waals surface area contributed by atoms with Crippen molar-refractivity contribution in [1.82, 2.24) is 0 Å². The van der Waals surface area contributed by atoms with Gasteiger partial charge in [0.25, 0.3) is 0 Å². The molecule has 1 aromatic carbocycles. The van der Waals surface area contributed by atoms with Gasteiger partial charge in [0, 0.05) is 6.26 Å². The Kier molecular flexibility index (Phi) is 3.67. The number of para-hydroxylation sites is 1. The van der Waals surface area contributed by atoms with Gasteiger partial charge in [-0.05, 0) is 18.6 Å². The molecule has 1 amide bonds. The van der Waals surface area contributed by atoms with Crippen LogP contribution in [0.2, 0.25) is 0 Å². The van der Waals surface area contributed by atoms with E-state index in [-0.39, 0.29) is 23.6 Å². The van der Waals surface area contributed by atoms with Crippen molar-refractivity contribution < 1.29 is 23.1 Å². The molecule has 0 radical (unpaired) electrons. The predicted molar refractivity (Wildman–Crippen MR) is 73.8 cm³/mol. The molecule has 3 N–H and O–H groups in total. The quantitative estimate of drug-likeness (QED) is 0.748. The molecule has 0 spiro atoms. The van der Waals surface area contributed by atoms with Crippen LogP contribution in [0.15, 0.2) is 18.2 Å². The summed E-state index contributed by atoms with van der Waals surface area (Å²) in [6.07, 6.45) is 1.17. The minimum Gasteiger partial charge on any atom is -0.478 e. The highest BCUT2D eigenvalue weighted by Gasteiger charge is 2.28. The number of aromatic carboxylic acids is 1. The standard InChI is InChI=1S/C12H14N2O5S/c1-20(18,19)6-5-9-11(15)14-8-4-2-3-7(12(16)17)10(8)13-9/h2-4,9,13H,5-6H2,1H3,(H,14,15)(H,16,17). The summed E-state index contributed by atoms with van der Waals surface area (Å²) in [4.78, 5) is 23.0. The number of rotatable bonds is 4. The maximum absolute atomic E-state index is 11.8. The number of nitrogens with one attached hydrogen (secondary N) is 2. The zero-order valence-electron chi connectivity index (χ0n) is 10.7. The molecule has 1 atom stereocenters. The number of carboxylic acid groups (broad SMARTS) is 1. The molecule has 7 nitrogen and oxygen atoms in total. The third-order valence-corrected chi connectivity index (χ3v) is 3.94. The van der Waals surface area contributed by atoms with E-state index in [0.717, 1.165) is 6.26 Å². The maximum atomic E-state index is 11.8. The van der Waals surface area contributed by atoms with Crippen molar-refractivity contribution >= 4 is 33.1 Å². The number of fused-ring (bicyclic) bond motifs is 1. The maximum Gasteiger partial charge on any atom is 0.337 e. The SMILES string of the molecule is CS(=O)(=O)CCC1Nc2c(cccc2C(=O)O)NC1=O. The summed E-state index contributed by atoms with van der Waals surface area (Å²) >= 11 is 0. The number of anilines is 2. The summed E-state index contributed by atoms with van der Waals surface area (Å²) in [5, 5.41) is 14.5. The van der Waals surface area contributed by atoms with Crippen LogP contribution in [0.4, 0.5) is 11.4 Å². The second-order valence-electron chi connectivity index (χ2n) is 4.64. The minimum atomic E-state index is -3.19. The largest absolute Gasteiger partial charge is 0.478 e. The van der Waals surface area contributed by atoms with Crippen LogP contribution in [0.25, 0.3) is 0 Å². The number of amides is 1. The third kappa shape index (κ3) is 3.08. The van der Waals surface area contributed by atoms with Gasteiger partial charge in [-0.3, -0.25) is 4.79 Å². The lowest BCUT2D eigenvalue weighted by atomic mass is 10.1. The summed E-state index contributed by atoms with van der Waals surface area (Å²) in [6.45, 7) is 0. The van der Waals surface area contributed by atoms with E-state index in [9.17, 15) is 18.0 Å². The Hall–Kier alpha value is -2.09. The van der Waals surface area contributed by atoms with Gasteiger partial charge in [0.2, 0.25) is 5.91 Å². The van der Waals surface area contributed by atoms with Crippen LogP contribution in [0.5, 0.6) is 0 Å². The van der Waals surface area contributed by atoms with Crippen LogP contribution in [0, 0.1) is 0 Å². The summed E-state index contributed by atoms with van der Waals surface area (Å²) in [7, 11) is -3.19. The van der Waals surface area contributed by atoms with Crippen molar-refractivity contribution in [2.24, 2.45) is 0 Å². The molecule has 0 aromatic heterocycles. The molecule has 1 heterocycles. The van der Waals surface area contributed by atoms with E-state index in [2.05, 4.69) is 10.6 Å². The Morgan fingerprint density at radius 3 is 2.70 bits per heavy atom. The molecule has 108 valence electrons. The second-order valence-corrected chi connectivity index (χ2v) is 6.90. The Balaban J connectivity index is 2.27. The number of hydrogen-bond donors (Lipinski definition) is 3. The fraction of sp³-hybridized carbons (Fsp3) is 0.333. The molecule has 1 unspecified atom stereocenters. The molecule has 1 aliphatic heterocycles. The first-order valence-corrected chi connectivity index (χ1v) is 7.95. The number of carboxylic acids is 1. The van der Waals surface area contributed by atoms with E-state index in [1.807, 2.05) is 0 Å². The molecule has 2 rings (SSSR count). The molecule has 0 bridgehead atoms. The zero-order valence-corrected chi connectivity index (χ0v) is 11.5. The van der Waals surface area contributed by atoms with Gasteiger partial charge < -0.3 is 15.7 Å². The highest BCUT2D eigenvalue weighted by Crippen LogP contribution is 2.31. The van der Waals surface area contributed by atoms with E-state index in [0.29, 0.717) is 11.4 Å². The van der Waals surface area contributed by atoms with Gasteiger partial charge in [0.15, 0.2) is 0 Å². The van der Waals surface area contributed by atoms with E-state index in [4.69, 9.17) is 5.11 Å². The zero-order chi connectivity index (χ0) is 14.9. The van der Waals surface area contributed by atoms with Crippen molar-refractivity contribution in [2.75, 3.05) is 22.6 Å². The van der Waals surface area contributed by atoms with Crippen LogP contribution in [0.1, 0.15) is 16.8 Å². The predicted octanol–water partition coefficient (Wildman–Crippen LogP) is 0.552. The third-order valence-electron chi connectivity index (χ3n) is 2.97. The van der Waals surface area contributed by atoms with E-state index < -0.39 is 21.8 Å². The van der Waals surface area contributed by atoms with Crippen LogP contribution < -0.4 is 10.6 Å². The molecule has 8 heteroatoms. The van der Waals surface area contributed by atoms with Gasteiger partial charge in [0.05, 0.1) is 22.7 Å². The average Bonchev–Trinajstić information content (AvgIpc) is 2.34. The van der Waals surface area contributed by atoms with Gasteiger partial charge >= 0.3 is 5.97 Å². The molecule has 20 heavy (non-hydrogen) atoms. The number of carbonyl (C=O) groups excluding carboxylic acids is 1. The first-order valence-electron chi connectivity index (χ1n) is 5.89. The summed E-state index contributed by atoms with van der Waals surface area (Å²) < 4.78 is 22.3. The van der Waals surface area contributed by atoms with Gasteiger partial charge in [0.1, 0.15) is 15.9 Å². The number of carbonyl (C=O) groups is 2. The molecule has 1 aromatic rings. The van der Waals surface area contributed by atoms with E-state index in [1.54, 1.807) is 6.07 Å². The first-order chi connectivity index (χ1) is 9.28. The molecular weight excluding hydrogens is 284 g/mol. The summed E-state index contributed by atoms with van der Waals surface area (Å²) in [6, 6.07) is 3.76. The van der Waals surface area contributed by atoms with Crippen LogP contribution in [-0.2, 0) is 14.6 Å². The molecule has 1 aliphatic rings. The second kappa shape index (κ2) is 5.12. The van der Waals surface area contributed by atoms with Gasteiger partial charge in [-0.2, -0.15) is 0 Å². The van der Waals surface area contributed by atoms with Crippen molar-refractivity contribution in [3.05, 3.63) is 23.8 Å². The lowest BCUT2D eigenvalue weighted by Gasteiger charge is -2.27. The van der Waals surface area contributed by atoms with Crippen molar-refractivity contribution in [2.45, 2.75) is 12.5 Å². The molecule has 0 saturated carbocycles. The molecule has 0 saturated heterocycles.